The van der Waals surface area contributed by atoms with Crippen LogP contribution in [0.1, 0.15) is 5.69 Å². The van der Waals surface area contributed by atoms with Gasteiger partial charge in [0.05, 0.1) is 17.2 Å². The van der Waals surface area contributed by atoms with E-state index in [0.717, 1.165) is 5.69 Å². The Morgan fingerprint density at radius 2 is 2.67 bits per heavy atom. The lowest BCUT2D eigenvalue weighted by Crippen LogP contribution is -2.40. The van der Waals surface area contributed by atoms with Crippen LogP contribution in [0, 0.1) is 0 Å². The zero-order chi connectivity index (χ0) is 8.97. The van der Waals surface area contributed by atoms with Crippen LogP contribution in [-0.4, -0.2) is 24.0 Å². The summed E-state index contributed by atoms with van der Waals surface area (Å²) in [6.45, 7) is 0. The van der Waals surface area contributed by atoms with Crippen LogP contribution in [0.3, 0.4) is 0 Å². The van der Waals surface area contributed by atoms with Crippen molar-refractivity contribution in [2.45, 2.75) is 12.5 Å². The first-order valence-corrected chi connectivity index (χ1v) is 4.52. The lowest BCUT2D eigenvalue weighted by Gasteiger charge is -2.06. The molecule has 0 unspecified atom stereocenters. The molecule has 0 radical (unpaired) electrons. The van der Waals surface area contributed by atoms with E-state index in [9.17, 15) is 4.79 Å². The molecule has 0 spiro atoms. The highest BCUT2D eigenvalue weighted by Crippen LogP contribution is 2.03. The van der Waals surface area contributed by atoms with Gasteiger partial charge in [-0.2, -0.15) is 0 Å². The number of aromatic nitrogens is 1. The van der Waals surface area contributed by atoms with Gasteiger partial charge in [-0.05, 0) is 0 Å². The lowest BCUT2D eigenvalue weighted by atomic mass is 10.2. The molecule has 0 saturated carbocycles. The van der Waals surface area contributed by atoms with Crippen molar-refractivity contribution in [2.24, 2.45) is 5.73 Å². The second kappa shape index (κ2) is 4.18. The highest BCUT2D eigenvalue weighted by Gasteiger charge is 2.12. The molecule has 3 N–H and O–H groups in total. The number of likely N-dealkylation sites (N-methyl/N-ethyl adjacent to an activating group) is 1. The first-order valence-electron chi connectivity index (χ1n) is 3.58. The third-order valence-electron chi connectivity index (χ3n) is 1.50. The number of nitrogens with one attached hydrogen (secondary N) is 1. The highest BCUT2D eigenvalue weighted by atomic mass is 32.1. The van der Waals surface area contributed by atoms with E-state index in [1.54, 1.807) is 12.6 Å². The molecule has 1 aromatic rings. The minimum Gasteiger partial charge on any atom is -0.358 e. The van der Waals surface area contributed by atoms with E-state index in [4.69, 9.17) is 5.73 Å². The Balaban J connectivity index is 2.47. The van der Waals surface area contributed by atoms with Gasteiger partial charge in [0, 0.05) is 18.8 Å². The number of carbonyl (C=O) groups is 1. The smallest absolute Gasteiger partial charge is 0.237 e. The van der Waals surface area contributed by atoms with Gasteiger partial charge in [0.15, 0.2) is 0 Å². The van der Waals surface area contributed by atoms with Crippen molar-refractivity contribution in [1.82, 2.24) is 10.3 Å². The number of amides is 1. The number of nitrogens with zero attached hydrogens (tertiary/aromatic N) is 1. The minimum atomic E-state index is -0.489. The van der Waals surface area contributed by atoms with Crippen LogP contribution in [0.5, 0.6) is 0 Å². The van der Waals surface area contributed by atoms with Gasteiger partial charge < -0.3 is 11.1 Å². The third-order valence-corrected chi connectivity index (χ3v) is 2.13. The molecule has 0 fully saturated rings. The molecular weight excluding hydrogens is 174 g/mol. The van der Waals surface area contributed by atoms with Crippen molar-refractivity contribution in [3.05, 3.63) is 16.6 Å². The van der Waals surface area contributed by atoms with Gasteiger partial charge in [0.1, 0.15) is 0 Å². The van der Waals surface area contributed by atoms with Gasteiger partial charge in [-0.25, -0.2) is 4.98 Å². The van der Waals surface area contributed by atoms with E-state index >= 15 is 0 Å². The Morgan fingerprint density at radius 1 is 1.92 bits per heavy atom. The number of carbonyl (C=O) groups excluding carboxylic acids is 1. The summed E-state index contributed by atoms with van der Waals surface area (Å²) in [5, 5.41) is 4.38. The van der Waals surface area contributed by atoms with E-state index in [0.29, 0.717) is 6.42 Å². The average Bonchev–Trinajstić information content (AvgIpc) is 2.55. The second-order valence-electron chi connectivity index (χ2n) is 2.40. The van der Waals surface area contributed by atoms with Crippen molar-refractivity contribution in [1.29, 1.82) is 0 Å². The molecule has 12 heavy (non-hydrogen) atoms. The summed E-state index contributed by atoms with van der Waals surface area (Å²) >= 11 is 1.50. The van der Waals surface area contributed by atoms with Gasteiger partial charge in [0.2, 0.25) is 5.91 Å². The van der Waals surface area contributed by atoms with Crippen LogP contribution in [0.25, 0.3) is 0 Å². The zero-order valence-corrected chi connectivity index (χ0v) is 7.60. The monoisotopic (exact) mass is 185 g/mol. The molecule has 1 heterocycles. The normalized spacial score (nSPS) is 12.5. The fourth-order valence-electron chi connectivity index (χ4n) is 0.842. The number of thiazole rings is 1. The number of hydrogen-bond donors (Lipinski definition) is 2. The van der Waals surface area contributed by atoms with Crippen molar-refractivity contribution in [3.8, 4) is 0 Å². The Bertz CT molecular complexity index is 247. The van der Waals surface area contributed by atoms with E-state index in [1.807, 2.05) is 5.38 Å². The predicted octanol–water partition coefficient (Wildman–Crippen LogP) is -0.241. The van der Waals surface area contributed by atoms with Crippen LogP contribution >= 0.6 is 11.3 Å². The van der Waals surface area contributed by atoms with Gasteiger partial charge in [-0.1, -0.05) is 0 Å². The molecule has 66 valence electrons. The molecule has 0 aliphatic rings. The first kappa shape index (κ1) is 9.15. The molecule has 4 nitrogen and oxygen atoms in total. The molecule has 0 aliphatic carbocycles. The van der Waals surface area contributed by atoms with Crippen molar-refractivity contribution in [3.63, 3.8) is 0 Å². The van der Waals surface area contributed by atoms with Crippen molar-refractivity contribution in [2.75, 3.05) is 7.05 Å². The topological polar surface area (TPSA) is 68.0 Å². The average molecular weight is 185 g/mol. The van der Waals surface area contributed by atoms with Crippen molar-refractivity contribution >= 4 is 17.2 Å². The molecule has 0 saturated heterocycles. The Labute approximate surface area is 74.8 Å². The molecule has 1 aromatic heterocycles. The fraction of sp³-hybridized carbons (Fsp3) is 0.429. The van der Waals surface area contributed by atoms with Crippen LogP contribution in [0.2, 0.25) is 0 Å². The molecule has 1 atom stereocenters. The van der Waals surface area contributed by atoms with E-state index in [1.165, 1.54) is 11.3 Å². The highest BCUT2D eigenvalue weighted by molar-refractivity contribution is 7.07. The van der Waals surface area contributed by atoms with Crippen LogP contribution in [0.15, 0.2) is 10.9 Å². The maximum atomic E-state index is 11.0. The molecular formula is C7H11N3OS. The zero-order valence-electron chi connectivity index (χ0n) is 6.78. The summed E-state index contributed by atoms with van der Waals surface area (Å²) < 4.78 is 0. The fourth-order valence-corrected chi connectivity index (χ4v) is 1.41. The number of hydrogen-bond acceptors (Lipinski definition) is 4. The summed E-state index contributed by atoms with van der Waals surface area (Å²) in [6.07, 6.45) is 0.503. The van der Waals surface area contributed by atoms with Gasteiger partial charge in [-0.15, -0.1) is 11.3 Å². The van der Waals surface area contributed by atoms with E-state index in [-0.39, 0.29) is 5.91 Å². The molecule has 0 aliphatic heterocycles. The quantitative estimate of drug-likeness (QED) is 0.683. The lowest BCUT2D eigenvalue weighted by molar-refractivity contribution is -0.121. The van der Waals surface area contributed by atoms with Gasteiger partial charge >= 0.3 is 0 Å². The second-order valence-corrected chi connectivity index (χ2v) is 3.12. The molecule has 5 heteroatoms. The maximum absolute atomic E-state index is 11.0. The minimum absolute atomic E-state index is 0.150. The summed E-state index contributed by atoms with van der Waals surface area (Å²) in [4.78, 5) is 15.0. The molecule has 0 aromatic carbocycles. The Hall–Kier alpha value is -0.940. The summed E-state index contributed by atoms with van der Waals surface area (Å²) in [7, 11) is 1.57. The third kappa shape index (κ3) is 2.28. The van der Waals surface area contributed by atoms with Crippen molar-refractivity contribution < 1.29 is 4.79 Å². The van der Waals surface area contributed by atoms with E-state index < -0.39 is 6.04 Å². The van der Waals surface area contributed by atoms with Gasteiger partial charge in [0.25, 0.3) is 0 Å². The van der Waals surface area contributed by atoms with Crippen LogP contribution in [0.4, 0.5) is 0 Å². The molecule has 0 bridgehead atoms. The van der Waals surface area contributed by atoms with Crippen LogP contribution in [-0.2, 0) is 11.2 Å². The van der Waals surface area contributed by atoms with Crippen LogP contribution < -0.4 is 11.1 Å². The number of rotatable bonds is 3. The largest absolute Gasteiger partial charge is 0.358 e. The summed E-state index contributed by atoms with van der Waals surface area (Å²) in [5.41, 5.74) is 8.17. The Morgan fingerprint density at radius 3 is 3.17 bits per heavy atom. The maximum Gasteiger partial charge on any atom is 0.237 e. The Kier molecular flexibility index (Phi) is 3.19. The number of nitrogens with two attached hydrogens (primary N) is 1. The molecule has 1 rings (SSSR count). The molecule has 1 amide bonds. The predicted molar refractivity (Wildman–Crippen MR) is 47.9 cm³/mol. The summed E-state index contributed by atoms with van der Waals surface area (Å²) in [6, 6.07) is -0.489. The summed E-state index contributed by atoms with van der Waals surface area (Å²) in [5.74, 6) is -0.150. The SMILES string of the molecule is CNC(=O)[C@@H](N)Cc1cscn1. The standard InChI is InChI=1S/C7H11N3OS/c1-9-7(11)6(8)2-5-3-12-4-10-5/h3-4,6H,2,8H2,1H3,(H,9,11)/t6-/m0/s1. The van der Waals surface area contributed by atoms with Gasteiger partial charge in [-0.3, -0.25) is 4.79 Å². The first-order chi connectivity index (χ1) is 5.74. The van der Waals surface area contributed by atoms with E-state index in [2.05, 4.69) is 10.3 Å².